The van der Waals surface area contributed by atoms with Gasteiger partial charge in [0.15, 0.2) is 0 Å². The van der Waals surface area contributed by atoms with E-state index in [0.717, 1.165) is 43.4 Å². The Bertz CT molecular complexity index is 266. The monoisotopic (exact) mass is 199 g/mol. The molecule has 13 heavy (non-hydrogen) atoms. The van der Waals surface area contributed by atoms with Crippen molar-refractivity contribution < 1.29 is 0 Å². The molecule has 0 spiro atoms. The summed E-state index contributed by atoms with van der Waals surface area (Å²) in [4.78, 5) is 5.56. The van der Waals surface area contributed by atoms with E-state index in [4.69, 9.17) is 11.6 Å². The van der Waals surface area contributed by atoms with Crippen LogP contribution in [0.15, 0.2) is 12.3 Å². The number of rotatable bonds is 2. The third-order valence-corrected chi connectivity index (χ3v) is 2.72. The van der Waals surface area contributed by atoms with Gasteiger partial charge in [0.2, 0.25) is 0 Å². The molecule has 2 N–H and O–H groups in total. The second-order valence-electron chi connectivity index (χ2n) is 3.33. The third-order valence-electron chi connectivity index (χ3n) is 2.37. The average Bonchev–Trinajstić information content (AvgIpc) is 2.54. The van der Waals surface area contributed by atoms with Gasteiger partial charge in [-0.05, 0) is 6.07 Å². The quantitative estimate of drug-likeness (QED) is 0.747. The van der Waals surface area contributed by atoms with E-state index in [0.29, 0.717) is 0 Å². The highest BCUT2D eigenvalue weighted by Crippen LogP contribution is 2.15. The van der Waals surface area contributed by atoms with Crippen LogP contribution >= 0.6 is 11.6 Å². The summed E-state index contributed by atoms with van der Waals surface area (Å²) in [6.45, 7) is 5.31. The molecule has 0 unspecified atom stereocenters. The van der Waals surface area contributed by atoms with Crippen LogP contribution in [0, 0.1) is 0 Å². The van der Waals surface area contributed by atoms with E-state index >= 15 is 0 Å². The van der Waals surface area contributed by atoms with Crippen LogP contribution in [0.4, 0.5) is 0 Å². The van der Waals surface area contributed by atoms with E-state index in [1.807, 2.05) is 12.3 Å². The molecule has 1 aromatic rings. The van der Waals surface area contributed by atoms with Crippen LogP contribution in [0.5, 0.6) is 0 Å². The van der Waals surface area contributed by atoms with Crippen LogP contribution in [0.3, 0.4) is 0 Å². The molecule has 3 nitrogen and oxygen atoms in total. The Kier molecular flexibility index (Phi) is 2.88. The summed E-state index contributed by atoms with van der Waals surface area (Å²) in [7, 11) is 0. The highest BCUT2D eigenvalue weighted by molar-refractivity contribution is 6.31. The first kappa shape index (κ1) is 9.06. The summed E-state index contributed by atoms with van der Waals surface area (Å²) >= 11 is 5.99. The maximum atomic E-state index is 5.99. The highest BCUT2D eigenvalue weighted by atomic mass is 35.5. The predicted molar refractivity (Wildman–Crippen MR) is 53.9 cm³/mol. The summed E-state index contributed by atoms with van der Waals surface area (Å²) in [5.74, 6) is 0. The summed E-state index contributed by atoms with van der Waals surface area (Å²) in [6.07, 6.45) is 1.89. The number of hydrogen-bond acceptors (Lipinski definition) is 2. The second kappa shape index (κ2) is 4.13. The van der Waals surface area contributed by atoms with Gasteiger partial charge >= 0.3 is 0 Å². The van der Waals surface area contributed by atoms with Gasteiger partial charge in [-0.1, -0.05) is 11.6 Å². The summed E-state index contributed by atoms with van der Waals surface area (Å²) in [6, 6.07) is 1.90. The smallest absolute Gasteiger partial charge is 0.0626 e. The van der Waals surface area contributed by atoms with Crippen molar-refractivity contribution in [1.82, 2.24) is 15.2 Å². The molecule has 1 aliphatic heterocycles. The Morgan fingerprint density at radius 3 is 2.77 bits per heavy atom. The molecule has 1 aromatic heterocycles. The van der Waals surface area contributed by atoms with E-state index in [1.165, 1.54) is 0 Å². The fourth-order valence-corrected chi connectivity index (χ4v) is 1.78. The van der Waals surface area contributed by atoms with Crippen molar-refractivity contribution in [1.29, 1.82) is 0 Å². The number of aromatic amines is 1. The van der Waals surface area contributed by atoms with E-state index < -0.39 is 0 Å². The molecule has 0 atom stereocenters. The number of H-pyrrole nitrogens is 1. The van der Waals surface area contributed by atoms with Crippen LogP contribution in [0.1, 0.15) is 5.69 Å². The summed E-state index contributed by atoms with van der Waals surface area (Å²) in [5, 5.41) is 4.17. The van der Waals surface area contributed by atoms with Crippen LogP contribution in [-0.2, 0) is 6.54 Å². The van der Waals surface area contributed by atoms with Gasteiger partial charge in [-0.15, -0.1) is 0 Å². The lowest BCUT2D eigenvalue weighted by atomic mass is 10.3. The van der Waals surface area contributed by atoms with Gasteiger partial charge in [0.05, 0.1) is 5.02 Å². The minimum absolute atomic E-state index is 0.846. The van der Waals surface area contributed by atoms with Gasteiger partial charge in [-0.3, -0.25) is 4.90 Å². The summed E-state index contributed by atoms with van der Waals surface area (Å²) in [5.41, 5.74) is 1.13. The zero-order valence-corrected chi connectivity index (χ0v) is 8.27. The predicted octanol–water partition coefficient (Wildman–Crippen LogP) is 1.07. The first-order chi connectivity index (χ1) is 6.36. The zero-order chi connectivity index (χ0) is 9.10. The zero-order valence-electron chi connectivity index (χ0n) is 7.52. The van der Waals surface area contributed by atoms with Crippen LogP contribution in [-0.4, -0.2) is 36.1 Å². The first-order valence-electron chi connectivity index (χ1n) is 4.61. The maximum absolute atomic E-state index is 5.99. The molecular weight excluding hydrogens is 186 g/mol. The van der Waals surface area contributed by atoms with Crippen LogP contribution in [0.25, 0.3) is 0 Å². The SMILES string of the molecule is Clc1cc[nH]c1CN1CCNCC1. The third kappa shape index (κ3) is 2.24. The fourth-order valence-electron chi connectivity index (χ4n) is 1.60. The minimum Gasteiger partial charge on any atom is -0.363 e. The molecule has 0 radical (unpaired) electrons. The lowest BCUT2D eigenvalue weighted by molar-refractivity contribution is 0.231. The van der Waals surface area contributed by atoms with Crippen molar-refractivity contribution >= 4 is 11.6 Å². The molecule has 0 bridgehead atoms. The lowest BCUT2D eigenvalue weighted by Crippen LogP contribution is -2.42. The molecular formula is C9H14ClN3. The van der Waals surface area contributed by atoms with Crippen molar-refractivity contribution in [3.8, 4) is 0 Å². The molecule has 1 saturated heterocycles. The van der Waals surface area contributed by atoms with Crippen LogP contribution < -0.4 is 5.32 Å². The standard InChI is InChI=1S/C9H14ClN3/c10-8-1-2-12-9(8)7-13-5-3-11-4-6-13/h1-2,11-12H,3-7H2. The molecule has 0 amide bonds. The van der Waals surface area contributed by atoms with Gasteiger partial charge in [0.25, 0.3) is 0 Å². The molecule has 2 heterocycles. The molecule has 2 rings (SSSR count). The van der Waals surface area contributed by atoms with Gasteiger partial charge < -0.3 is 10.3 Å². The van der Waals surface area contributed by atoms with E-state index in [9.17, 15) is 0 Å². The first-order valence-corrected chi connectivity index (χ1v) is 4.99. The minimum atomic E-state index is 0.846. The van der Waals surface area contributed by atoms with Crippen molar-refractivity contribution in [3.05, 3.63) is 23.0 Å². The number of piperazine rings is 1. The number of hydrogen-bond donors (Lipinski definition) is 2. The van der Waals surface area contributed by atoms with Crippen molar-refractivity contribution in [2.24, 2.45) is 0 Å². The van der Waals surface area contributed by atoms with Gasteiger partial charge in [0, 0.05) is 44.6 Å². The topological polar surface area (TPSA) is 31.1 Å². The second-order valence-corrected chi connectivity index (χ2v) is 3.74. The Balaban J connectivity index is 1.93. The van der Waals surface area contributed by atoms with Crippen molar-refractivity contribution in [3.63, 3.8) is 0 Å². The number of nitrogens with one attached hydrogen (secondary N) is 2. The van der Waals surface area contributed by atoms with E-state index in [2.05, 4.69) is 15.2 Å². The largest absolute Gasteiger partial charge is 0.363 e. The Labute approximate surface area is 83.1 Å². The number of halogens is 1. The molecule has 0 saturated carbocycles. The van der Waals surface area contributed by atoms with Crippen LogP contribution in [0.2, 0.25) is 5.02 Å². The Morgan fingerprint density at radius 2 is 2.15 bits per heavy atom. The summed E-state index contributed by atoms with van der Waals surface area (Å²) < 4.78 is 0. The maximum Gasteiger partial charge on any atom is 0.0626 e. The molecule has 0 aliphatic carbocycles. The molecule has 1 fully saturated rings. The van der Waals surface area contributed by atoms with Crippen molar-refractivity contribution in [2.45, 2.75) is 6.54 Å². The molecule has 0 aromatic carbocycles. The molecule has 4 heteroatoms. The van der Waals surface area contributed by atoms with Gasteiger partial charge in [-0.2, -0.15) is 0 Å². The Morgan fingerprint density at radius 1 is 1.38 bits per heavy atom. The highest BCUT2D eigenvalue weighted by Gasteiger charge is 2.11. The van der Waals surface area contributed by atoms with Gasteiger partial charge in [0.1, 0.15) is 0 Å². The lowest BCUT2D eigenvalue weighted by Gasteiger charge is -2.26. The number of nitrogens with zero attached hydrogens (tertiary/aromatic N) is 1. The van der Waals surface area contributed by atoms with Crippen molar-refractivity contribution in [2.75, 3.05) is 26.2 Å². The Hall–Kier alpha value is -0.510. The molecule has 1 aliphatic rings. The number of aromatic nitrogens is 1. The van der Waals surface area contributed by atoms with E-state index in [-0.39, 0.29) is 0 Å². The normalized spacial score (nSPS) is 19.2. The van der Waals surface area contributed by atoms with Gasteiger partial charge in [-0.25, -0.2) is 0 Å². The molecule has 72 valence electrons. The average molecular weight is 200 g/mol. The fraction of sp³-hybridized carbons (Fsp3) is 0.556. The van der Waals surface area contributed by atoms with E-state index in [1.54, 1.807) is 0 Å².